The van der Waals surface area contributed by atoms with Gasteiger partial charge < -0.3 is 5.32 Å². The van der Waals surface area contributed by atoms with Crippen molar-refractivity contribution < 1.29 is 0 Å². The number of piperidine rings is 1. The molecule has 2 rings (SSSR count). The highest BCUT2D eigenvalue weighted by Gasteiger charge is 2.19. The zero-order valence-electron chi connectivity index (χ0n) is 10.2. The van der Waals surface area contributed by atoms with E-state index < -0.39 is 0 Å². The highest BCUT2D eigenvalue weighted by molar-refractivity contribution is 7.11. The van der Waals surface area contributed by atoms with Gasteiger partial charge in [-0.3, -0.25) is 4.90 Å². The fourth-order valence-corrected chi connectivity index (χ4v) is 3.15. The molecule has 0 radical (unpaired) electrons. The topological polar surface area (TPSA) is 28.2 Å². The average Bonchev–Trinajstić information content (AvgIpc) is 2.65. The van der Waals surface area contributed by atoms with Gasteiger partial charge in [0.2, 0.25) is 0 Å². The van der Waals surface area contributed by atoms with Crippen LogP contribution in [0.3, 0.4) is 0 Å². The van der Waals surface area contributed by atoms with Gasteiger partial charge in [-0.15, -0.1) is 11.3 Å². The molecule has 1 aromatic heterocycles. The Hall–Kier alpha value is -0.450. The van der Waals surface area contributed by atoms with Gasteiger partial charge in [-0.05, 0) is 32.9 Å². The Morgan fingerprint density at radius 2 is 2.50 bits per heavy atom. The number of hydrogen-bond acceptors (Lipinski definition) is 4. The number of rotatable bonds is 4. The molecule has 3 nitrogen and oxygen atoms in total. The Balaban J connectivity index is 1.85. The number of nitrogens with one attached hydrogen (secondary N) is 1. The average molecular weight is 239 g/mol. The molecule has 1 saturated heterocycles. The van der Waals surface area contributed by atoms with Crippen molar-refractivity contribution >= 4 is 11.3 Å². The summed E-state index contributed by atoms with van der Waals surface area (Å²) in [7, 11) is 0. The third-order valence-corrected chi connectivity index (χ3v) is 3.92. The first-order valence-electron chi connectivity index (χ1n) is 6.15. The van der Waals surface area contributed by atoms with E-state index in [4.69, 9.17) is 0 Å². The molecule has 1 aliphatic heterocycles. The first kappa shape index (κ1) is 12.0. The Labute approximate surface area is 102 Å². The monoisotopic (exact) mass is 239 g/mol. The predicted molar refractivity (Wildman–Crippen MR) is 68.8 cm³/mol. The number of thiazole rings is 1. The fraction of sp³-hybridized carbons (Fsp3) is 0.750. The van der Waals surface area contributed by atoms with E-state index in [2.05, 4.69) is 29.0 Å². The predicted octanol–water partition coefficient (Wildman–Crippen LogP) is 2.03. The summed E-state index contributed by atoms with van der Waals surface area (Å²) < 4.78 is 0. The second-order valence-electron chi connectivity index (χ2n) is 4.50. The summed E-state index contributed by atoms with van der Waals surface area (Å²) >= 11 is 1.82. The van der Waals surface area contributed by atoms with E-state index in [0.717, 1.165) is 13.1 Å². The smallest absolute Gasteiger partial charge is 0.107 e. The maximum absolute atomic E-state index is 4.44. The van der Waals surface area contributed by atoms with E-state index in [1.807, 2.05) is 17.5 Å². The van der Waals surface area contributed by atoms with Crippen molar-refractivity contribution in [2.75, 3.05) is 19.6 Å². The zero-order chi connectivity index (χ0) is 11.4. The van der Waals surface area contributed by atoms with Gasteiger partial charge in [-0.1, -0.05) is 6.92 Å². The minimum Gasteiger partial charge on any atom is -0.313 e. The Morgan fingerprint density at radius 1 is 1.62 bits per heavy atom. The fourth-order valence-electron chi connectivity index (χ4n) is 2.32. The van der Waals surface area contributed by atoms with Crippen LogP contribution >= 0.6 is 11.3 Å². The number of likely N-dealkylation sites (N-methyl/N-ethyl adjacent to an activating group) is 1. The molecule has 0 amide bonds. The van der Waals surface area contributed by atoms with Crippen molar-refractivity contribution in [3.05, 3.63) is 16.1 Å². The first-order chi connectivity index (χ1) is 7.78. The van der Waals surface area contributed by atoms with Crippen molar-refractivity contribution in [2.24, 2.45) is 0 Å². The van der Waals surface area contributed by atoms with Crippen molar-refractivity contribution in [3.8, 4) is 0 Å². The summed E-state index contributed by atoms with van der Waals surface area (Å²) in [5.41, 5.74) is 0. The van der Waals surface area contributed by atoms with Crippen LogP contribution < -0.4 is 5.32 Å². The van der Waals surface area contributed by atoms with Crippen molar-refractivity contribution in [1.82, 2.24) is 15.2 Å². The summed E-state index contributed by atoms with van der Waals surface area (Å²) in [4.78, 5) is 8.28. The largest absolute Gasteiger partial charge is 0.313 e. The summed E-state index contributed by atoms with van der Waals surface area (Å²) in [5, 5.41) is 4.81. The molecule has 1 atom stereocenters. The van der Waals surface area contributed by atoms with Crippen LogP contribution in [0, 0.1) is 6.92 Å². The highest BCUT2D eigenvalue weighted by atomic mass is 32.1. The number of nitrogens with zero attached hydrogens (tertiary/aromatic N) is 2. The maximum Gasteiger partial charge on any atom is 0.107 e. The van der Waals surface area contributed by atoms with Gasteiger partial charge in [0.15, 0.2) is 0 Å². The van der Waals surface area contributed by atoms with E-state index in [-0.39, 0.29) is 0 Å². The summed E-state index contributed by atoms with van der Waals surface area (Å²) in [6.45, 7) is 8.81. The minimum atomic E-state index is 0.680. The SMILES string of the molecule is CCNC1CCCN(Cc2ncc(C)s2)C1. The van der Waals surface area contributed by atoms with Crippen molar-refractivity contribution in [2.45, 2.75) is 39.3 Å². The second-order valence-corrected chi connectivity index (χ2v) is 5.82. The molecular weight excluding hydrogens is 218 g/mol. The maximum atomic E-state index is 4.44. The van der Waals surface area contributed by atoms with Gasteiger partial charge in [-0.25, -0.2) is 4.98 Å². The number of likely N-dealkylation sites (tertiary alicyclic amines) is 1. The molecule has 1 aliphatic rings. The molecule has 0 saturated carbocycles. The van der Waals surface area contributed by atoms with Crippen LogP contribution in [0.2, 0.25) is 0 Å². The molecule has 1 unspecified atom stereocenters. The first-order valence-corrected chi connectivity index (χ1v) is 6.96. The second kappa shape index (κ2) is 5.75. The van der Waals surface area contributed by atoms with Gasteiger partial charge in [0.25, 0.3) is 0 Å². The van der Waals surface area contributed by atoms with Gasteiger partial charge in [0.1, 0.15) is 5.01 Å². The van der Waals surface area contributed by atoms with Crippen LogP contribution in [0.15, 0.2) is 6.20 Å². The molecule has 0 spiro atoms. The van der Waals surface area contributed by atoms with E-state index in [1.165, 1.54) is 35.8 Å². The zero-order valence-corrected chi connectivity index (χ0v) is 11.0. The van der Waals surface area contributed by atoms with E-state index in [1.54, 1.807) is 0 Å². The standard InChI is InChI=1S/C12H21N3S/c1-3-13-11-5-4-6-15(8-11)9-12-14-7-10(2)16-12/h7,11,13H,3-6,8-9H2,1-2H3. The van der Waals surface area contributed by atoms with E-state index in [0.29, 0.717) is 6.04 Å². The number of aromatic nitrogens is 1. The van der Waals surface area contributed by atoms with Crippen LogP contribution in [-0.4, -0.2) is 35.6 Å². The Bertz CT molecular complexity index is 322. The molecule has 0 bridgehead atoms. The lowest BCUT2D eigenvalue weighted by molar-refractivity contribution is 0.184. The molecule has 1 fully saturated rings. The lowest BCUT2D eigenvalue weighted by Gasteiger charge is -2.32. The molecule has 4 heteroatoms. The molecule has 1 N–H and O–H groups in total. The lowest BCUT2D eigenvalue weighted by Crippen LogP contribution is -2.45. The van der Waals surface area contributed by atoms with Crippen LogP contribution in [0.4, 0.5) is 0 Å². The molecule has 90 valence electrons. The number of hydrogen-bond donors (Lipinski definition) is 1. The quantitative estimate of drug-likeness (QED) is 0.871. The molecule has 2 heterocycles. The molecule has 0 aliphatic carbocycles. The molecule has 1 aromatic rings. The van der Waals surface area contributed by atoms with Crippen molar-refractivity contribution in [1.29, 1.82) is 0 Å². The van der Waals surface area contributed by atoms with Crippen LogP contribution in [0.5, 0.6) is 0 Å². The third-order valence-electron chi connectivity index (χ3n) is 3.03. The Kier molecular flexibility index (Phi) is 4.32. The molecule has 16 heavy (non-hydrogen) atoms. The number of aryl methyl sites for hydroxylation is 1. The highest BCUT2D eigenvalue weighted by Crippen LogP contribution is 2.17. The summed E-state index contributed by atoms with van der Waals surface area (Å²) in [6, 6.07) is 0.680. The van der Waals surface area contributed by atoms with E-state index >= 15 is 0 Å². The van der Waals surface area contributed by atoms with Crippen LogP contribution in [0.1, 0.15) is 29.7 Å². The third kappa shape index (κ3) is 3.27. The van der Waals surface area contributed by atoms with Crippen molar-refractivity contribution in [3.63, 3.8) is 0 Å². The van der Waals surface area contributed by atoms with E-state index in [9.17, 15) is 0 Å². The molecular formula is C12H21N3S. The summed E-state index contributed by atoms with van der Waals surface area (Å²) in [6.07, 6.45) is 4.61. The van der Waals surface area contributed by atoms with Crippen LogP contribution in [-0.2, 0) is 6.54 Å². The normalized spacial score (nSPS) is 22.5. The van der Waals surface area contributed by atoms with Crippen LogP contribution in [0.25, 0.3) is 0 Å². The van der Waals surface area contributed by atoms with Gasteiger partial charge in [0, 0.05) is 23.7 Å². The van der Waals surface area contributed by atoms with Gasteiger partial charge in [-0.2, -0.15) is 0 Å². The lowest BCUT2D eigenvalue weighted by atomic mass is 10.1. The van der Waals surface area contributed by atoms with Gasteiger partial charge in [0.05, 0.1) is 6.54 Å². The Morgan fingerprint density at radius 3 is 3.19 bits per heavy atom. The van der Waals surface area contributed by atoms with Gasteiger partial charge >= 0.3 is 0 Å². The molecule has 0 aromatic carbocycles. The summed E-state index contributed by atoms with van der Waals surface area (Å²) in [5.74, 6) is 0. The minimum absolute atomic E-state index is 0.680.